The van der Waals surface area contributed by atoms with Crippen molar-refractivity contribution in [3.63, 3.8) is 0 Å². The van der Waals surface area contributed by atoms with Crippen molar-refractivity contribution in [2.24, 2.45) is 5.73 Å². The van der Waals surface area contributed by atoms with E-state index in [9.17, 15) is 18.8 Å². The Kier molecular flexibility index (Phi) is 7.94. The normalized spacial score (nSPS) is 18.4. The molecule has 9 nitrogen and oxygen atoms in total. The van der Waals surface area contributed by atoms with E-state index in [1.807, 2.05) is 0 Å². The van der Waals surface area contributed by atoms with E-state index in [4.69, 9.17) is 15.2 Å². The Hall–Kier alpha value is -5.33. The molecule has 1 saturated carbocycles. The summed E-state index contributed by atoms with van der Waals surface area (Å²) in [5, 5.41) is 2.26. The van der Waals surface area contributed by atoms with Gasteiger partial charge in [-0.1, -0.05) is 0 Å². The SMILES string of the molecule is C[C@]1(C(N)=O)COc2c1cc([C@@](C=O)(CNC(=O)c1ccc(-c3ccncc3)c(OC3CC3)c1)C(F)(F)F)nc2-c1ccc(F)cc1. The van der Waals surface area contributed by atoms with Gasteiger partial charge in [-0.15, -0.1) is 0 Å². The molecule has 0 radical (unpaired) electrons. The predicted molar refractivity (Wildman–Crippen MR) is 161 cm³/mol. The van der Waals surface area contributed by atoms with Gasteiger partial charge in [0, 0.05) is 41.2 Å². The predicted octanol–water partition coefficient (Wildman–Crippen LogP) is 5.06. The molecule has 2 aromatic carbocycles. The maximum atomic E-state index is 15.0. The first kappa shape index (κ1) is 31.6. The van der Waals surface area contributed by atoms with Crippen LogP contribution in [-0.2, 0) is 20.4 Å². The van der Waals surface area contributed by atoms with Crippen LogP contribution in [0, 0.1) is 5.82 Å². The molecule has 242 valence electrons. The number of aldehydes is 1. The topological polar surface area (TPSA) is 134 Å². The molecule has 1 fully saturated rings. The lowest BCUT2D eigenvalue weighted by atomic mass is 9.78. The summed E-state index contributed by atoms with van der Waals surface area (Å²) in [6.45, 7) is -0.130. The number of hydrogen-bond donors (Lipinski definition) is 2. The summed E-state index contributed by atoms with van der Waals surface area (Å²) in [6, 6.07) is 13.7. The maximum Gasteiger partial charge on any atom is 0.408 e. The molecule has 2 aliphatic rings. The first-order valence-corrected chi connectivity index (χ1v) is 14.6. The standard InChI is InChI=1S/C34H28F4N4O5/c1-32(31(39)45)18-46-29-25(32)15-27(42-28(29)20-2-5-22(35)6-3-20)33(17-43,34(36,37)38)16-41-30(44)21-4-9-24(19-10-12-40-13-11-19)26(14-21)47-23-7-8-23/h2-6,9-15,17,23H,7-8,16,18H2,1H3,(H2,39,45)(H,41,44)/t32-,33-/m0/s1. The van der Waals surface area contributed by atoms with E-state index in [0.29, 0.717) is 11.3 Å². The van der Waals surface area contributed by atoms with Gasteiger partial charge >= 0.3 is 6.18 Å². The highest BCUT2D eigenvalue weighted by molar-refractivity contribution is 5.96. The van der Waals surface area contributed by atoms with E-state index in [1.54, 1.807) is 30.6 Å². The molecular formula is C34H28F4N4O5. The lowest BCUT2D eigenvalue weighted by molar-refractivity contribution is -0.186. The molecule has 0 bridgehead atoms. The van der Waals surface area contributed by atoms with Crippen molar-refractivity contribution in [1.82, 2.24) is 15.3 Å². The van der Waals surface area contributed by atoms with E-state index in [2.05, 4.69) is 15.3 Å². The van der Waals surface area contributed by atoms with Crippen molar-refractivity contribution in [3.8, 4) is 33.9 Å². The highest BCUT2D eigenvalue weighted by Gasteiger charge is 2.59. The Morgan fingerprint density at radius 2 is 1.77 bits per heavy atom. The molecule has 3 heterocycles. The van der Waals surface area contributed by atoms with Crippen LogP contribution in [0.3, 0.4) is 0 Å². The highest BCUT2D eigenvalue weighted by atomic mass is 19.4. The first-order chi connectivity index (χ1) is 22.4. The van der Waals surface area contributed by atoms with Gasteiger partial charge in [0.15, 0.2) is 5.41 Å². The minimum atomic E-state index is -5.27. The van der Waals surface area contributed by atoms with Gasteiger partial charge in [-0.25, -0.2) is 9.37 Å². The third kappa shape index (κ3) is 5.77. The molecule has 0 spiro atoms. The third-order valence-electron chi connectivity index (χ3n) is 8.48. The number of aromatic nitrogens is 2. The second-order valence-corrected chi connectivity index (χ2v) is 11.8. The number of benzene rings is 2. The number of nitrogens with two attached hydrogens (primary N) is 1. The lowest BCUT2D eigenvalue weighted by Gasteiger charge is -2.31. The molecule has 2 amide bonds. The minimum absolute atomic E-state index is 0.00375. The van der Waals surface area contributed by atoms with Crippen LogP contribution in [0.4, 0.5) is 17.6 Å². The van der Waals surface area contributed by atoms with Crippen LogP contribution < -0.4 is 20.5 Å². The number of hydrogen-bond acceptors (Lipinski definition) is 7. The average Bonchev–Trinajstić information content (AvgIpc) is 3.81. The number of primary amides is 1. The molecular weight excluding hydrogens is 620 g/mol. The Morgan fingerprint density at radius 3 is 2.38 bits per heavy atom. The van der Waals surface area contributed by atoms with Gasteiger partial charge in [0.1, 0.15) is 41.3 Å². The van der Waals surface area contributed by atoms with Gasteiger partial charge < -0.3 is 25.3 Å². The molecule has 1 aliphatic carbocycles. The fourth-order valence-corrected chi connectivity index (χ4v) is 5.34. The van der Waals surface area contributed by atoms with Crippen LogP contribution in [0.25, 0.3) is 22.4 Å². The van der Waals surface area contributed by atoms with Crippen molar-refractivity contribution in [2.75, 3.05) is 13.2 Å². The van der Waals surface area contributed by atoms with Gasteiger partial charge in [0.05, 0.1) is 11.8 Å². The summed E-state index contributed by atoms with van der Waals surface area (Å²) in [5.74, 6) is -2.03. The monoisotopic (exact) mass is 648 g/mol. The van der Waals surface area contributed by atoms with Gasteiger partial charge in [-0.05, 0) is 86.0 Å². The van der Waals surface area contributed by atoms with Gasteiger partial charge in [0.25, 0.3) is 5.91 Å². The second-order valence-electron chi connectivity index (χ2n) is 11.8. The van der Waals surface area contributed by atoms with Crippen molar-refractivity contribution in [3.05, 3.63) is 95.7 Å². The molecule has 6 rings (SSSR count). The van der Waals surface area contributed by atoms with Crippen LogP contribution in [0.5, 0.6) is 11.5 Å². The van der Waals surface area contributed by atoms with Gasteiger partial charge in [-0.2, -0.15) is 13.2 Å². The minimum Gasteiger partial charge on any atom is -0.490 e. The fraction of sp³-hybridized carbons (Fsp3) is 0.265. The first-order valence-electron chi connectivity index (χ1n) is 14.6. The molecule has 13 heteroatoms. The molecule has 0 unspecified atom stereocenters. The molecule has 0 saturated heterocycles. The Bertz CT molecular complexity index is 1870. The Labute approximate surface area is 266 Å². The summed E-state index contributed by atoms with van der Waals surface area (Å²) in [7, 11) is 0. The number of fused-ring (bicyclic) bond motifs is 1. The van der Waals surface area contributed by atoms with Crippen molar-refractivity contribution >= 4 is 18.1 Å². The largest absolute Gasteiger partial charge is 0.490 e. The van der Waals surface area contributed by atoms with Gasteiger partial charge in [-0.3, -0.25) is 14.6 Å². The number of rotatable bonds is 10. The summed E-state index contributed by atoms with van der Waals surface area (Å²) >= 11 is 0. The Balaban J connectivity index is 1.40. The van der Waals surface area contributed by atoms with E-state index in [0.717, 1.165) is 36.6 Å². The van der Waals surface area contributed by atoms with Crippen LogP contribution in [0.15, 0.2) is 73.1 Å². The number of halogens is 4. The number of alkyl halides is 3. The summed E-state index contributed by atoms with van der Waals surface area (Å²) in [4.78, 5) is 46.7. The number of carbonyl (C=O) groups excluding carboxylic acids is 3. The Morgan fingerprint density at radius 1 is 1.06 bits per heavy atom. The van der Waals surface area contributed by atoms with Crippen LogP contribution in [0.1, 0.15) is 41.4 Å². The average molecular weight is 649 g/mol. The van der Waals surface area contributed by atoms with Crippen LogP contribution in [-0.4, -0.2) is 53.5 Å². The van der Waals surface area contributed by atoms with Crippen molar-refractivity contribution in [2.45, 2.75) is 42.9 Å². The number of nitrogens with zero attached hydrogens (tertiary/aromatic N) is 2. The van der Waals surface area contributed by atoms with E-state index < -0.39 is 46.9 Å². The molecule has 4 aromatic rings. The summed E-state index contributed by atoms with van der Waals surface area (Å²) in [5.41, 5.74) is 1.34. The lowest BCUT2D eigenvalue weighted by Crippen LogP contribution is -2.53. The number of amides is 2. The summed E-state index contributed by atoms with van der Waals surface area (Å²) in [6.07, 6.45) is -0.794. The second kappa shape index (κ2) is 11.8. The smallest absolute Gasteiger partial charge is 0.408 e. The maximum absolute atomic E-state index is 15.0. The van der Waals surface area contributed by atoms with Crippen molar-refractivity contribution < 1.29 is 41.4 Å². The fourth-order valence-electron chi connectivity index (χ4n) is 5.34. The zero-order chi connectivity index (χ0) is 33.6. The van der Waals surface area contributed by atoms with E-state index >= 15 is 13.2 Å². The highest BCUT2D eigenvalue weighted by Crippen LogP contribution is 2.48. The molecule has 2 aromatic heterocycles. The van der Waals surface area contributed by atoms with Crippen LogP contribution in [0.2, 0.25) is 0 Å². The zero-order valence-electron chi connectivity index (χ0n) is 24.9. The molecule has 47 heavy (non-hydrogen) atoms. The number of ether oxygens (including phenoxy) is 2. The molecule has 1 aliphatic heterocycles. The van der Waals surface area contributed by atoms with Gasteiger partial charge in [0.2, 0.25) is 5.91 Å². The van der Waals surface area contributed by atoms with E-state index in [1.165, 1.54) is 31.2 Å². The molecule has 3 N–H and O–H groups in total. The number of carbonyl (C=O) groups is 3. The quantitative estimate of drug-likeness (QED) is 0.182. The van der Waals surface area contributed by atoms with Crippen LogP contribution >= 0.6 is 0 Å². The zero-order valence-corrected chi connectivity index (χ0v) is 24.9. The molecule has 2 atom stereocenters. The van der Waals surface area contributed by atoms with E-state index in [-0.39, 0.29) is 47.1 Å². The summed E-state index contributed by atoms with van der Waals surface area (Å²) < 4.78 is 70.6. The number of pyridine rings is 2. The third-order valence-corrected chi connectivity index (χ3v) is 8.48. The van der Waals surface area contributed by atoms with Crippen molar-refractivity contribution in [1.29, 1.82) is 0 Å². The number of nitrogens with one attached hydrogen (secondary N) is 1.